The average molecular weight is 482 g/mol. The molecule has 38 heavy (non-hydrogen) atoms. The first-order valence-corrected chi connectivity index (χ1v) is 12.8. The molecule has 0 aromatic heterocycles. The van der Waals surface area contributed by atoms with E-state index in [1.54, 1.807) is 0 Å². The van der Waals surface area contributed by atoms with Crippen molar-refractivity contribution in [3.63, 3.8) is 0 Å². The third-order valence-electron chi connectivity index (χ3n) is 7.51. The molecule has 0 spiro atoms. The quantitative estimate of drug-likeness (QED) is 0.230. The van der Waals surface area contributed by atoms with Crippen LogP contribution in [0.1, 0.15) is 5.56 Å². The van der Waals surface area contributed by atoms with Crippen LogP contribution in [0.4, 0.5) is 0 Å². The highest BCUT2D eigenvalue weighted by Gasteiger charge is 2.10. The lowest BCUT2D eigenvalue weighted by Crippen LogP contribution is -1.86. The maximum absolute atomic E-state index is 9.06. The lowest BCUT2D eigenvalue weighted by Gasteiger charge is -2.12. The molecule has 0 saturated carbocycles. The normalized spacial score (nSPS) is 11.1. The molecule has 176 valence electrons. The molecule has 0 amide bonds. The van der Waals surface area contributed by atoms with E-state index >= 15 is 0 Å². The van der Waals surface area contributed by atoms with Crippen LogP contribution in [0.3, 0.4) is 0 Å². The summed E-state index contributed by atoms with van der Waals surface area (Å²) in [6.07, 6.45) is 0. The Balaban J connectivity index is 1.30. The predicted molar refractivity (Wildman–Crippen MR) is 160 cm³/mol. The van der Waals surface area contributed by atoms with Crippen molar-refractivity contribution in [2.24, 2.45) is 0 Å². The summed E-state index contributed by atoms with van der Waals surface area (Å²) in [5.74, 6) is 0. The van der Waals surface area contributed by atoms with Crippen LogP contribution in [0.25, 0.3) is 65.7 Å². The minimum atomic E-state index is 0.678. The summed E-state index contributed by atoms with van der Waals surface area (Å²) in [6.45, 7) is 0. The first-order chi connectivity index (χ1) is 18.8. The molecule has 0 aliphatic carbocycles. The number of benzene rings is 7. The zero-order valence-electron chi connectivity index (χ0n) is 20.7. The first kappa shape index (κ1) is 22.0. The number of hydrogen-bond acceptors (Lipinski definition) is 1. The third kappa shape index (κ3) is 3.72. The molecule has 0 fully saturated rings. The summed E-state index contributed by atoms with van der Waals surface area (Å²) >= 11 is 0. The van der Waals surface area contributed by atoms with Crippen molar-refractivity contribution in [3.05, 3.63) is 145 Å². The van der Waals surface area contributed by atoms with Gasteiger partial charge in [-0.1, -0.05) is 115 Å². The highest BCUT2D eigenvalue weighted by Crippen LogP contribution is 2.37. The van der Waals surface area contributed by atoms with Gasteiger partial charge in [0.25, 0.3) is 0 Å². The van der Waals surface area contributed by atoms with Gasteiger partial charge in [-0.2, -0.15) is 5.26 Å². The van der Waals surface area contributed by atoms with Crippen molar-refractivity contribution >= 4 is 32.3 Å². The van der Waals surface area contributed by atoms with Crippen molar-refractivity contribution < 1.29 is 0 Å². The highest BCUT2D eigenvalue weighted by molar-refractivity contribution is 6.25. The monoisotopic (exact) mass is 481 g/mol. The van der Waals surface area contributed by atoms with E-state index in [0.29, 0.717) is 5.56 Å². The zero-order valence-corrected chi connectivity index (χ0v) is 20.7. The molecule has 1 heteroatoms. The summed E-state index contributed by atoms with van der Waals surface area (Å²) in [5, 5.41) is 16.8. The van der Waals surface area contributed by atoms with Crippen LogP contribution in [-0.4, -0.2) is 0 Å². The molecule has 0 aliphatic heterocycles. The second-order valence-electron chi connectivity index (χ2n) is 9.70. The standard InChI is InChI=1S/C37H23N/c38-24-25-12-14-26(15-13-25)27-16-18-28(19-17-27)29-6-5-7-30(22-29)31-20-21-36-34-10-2-1-8-32(34)33-9-3-4-11-35(33)37(36)23-31/h1-23H. The smallest absolute Gasteiger partial charge is 0.0991 e. The number of rotatable bonds is 3. The van der Waals surface area contributed by atoms with Gasteiger partial charge >= 0.3 is 0 Å². The Bertz CT molecular complexity index is 1970. The van der Waals surface area contributed by atoms with Crippen LogP contribution in [0.5, 0.6) is 0 Å². The molecule has 0 bridgehead atoms. The van der Waals surface area contributed by atoms with Crippen molar-refractivity contribution in [3.8, 4) is 39.4 Å². The van der Waals surface area contributed by atoms with Crippen LogP contribution in [0, 0.1) is 11.3 Å². The lowest BCUT2D eigenvalue weighted by molar-refractivity contribution is 1.48. The maximum Gasteiger partial charge on any atom is 0.0991 e. The second-order valence-corrected chi connectivity index (χ2v) is 9.70. The molecule has 0 atom stereocenters. The maximum atomic E-state index is 9.06. The topological polar surface area (TPSA) is 23.8 Å². The van der Waals surface area contributed by atoms with Crippen molar-refractivity contribution in [2.45, 2.75) is 0 Å². The summed E-state index contributed by atoms with van der Waals surface area (Å²) in [5.41, 5.74) is 7.73. The number of nitrogens with zero attached hydrogens (tertiary/aromatic N) is 1. The van der Waals surface area contributed by atoms with E-state index in [-0.39, 0.29) is 0 Å². The van der Waals surface area contributed by atoms with Crippen LogP contribution in [0.15, 0.2) is 140 Å². The van der Waals surface area contributed by atoms with E-state index in [1.807, 2.05) is 24.3 Å². The SMILES string of the molecule is N#Cc1ccc(-c2ccc(-c3cccc(-c4ccc5c6ccccc6c6ccccc6c5c4)c3)cc2)cc1. The van der Waals surface area contributed by atoms with Gasteiger partial charge in [0, 0.05) is 0 Å². The zero-order chi connectivity index (χ0) is 25.5. The van der Waals surface area contributed by atoms with E-state index in [4.69, 9.17) is 5.26 Å². The Labute approximate surface area is 221 Å². The van der Waals surface area contributed by atoms with Crippen molar-refractivity contribution in [2.75, 3.05) is 0 Å². The summed E-state index contributed by atoms with van der Waals surface area (Å²) in [4.78, 5) is 0. The first-order valence-electron chi connectivity index (χ1n) is 12.8. The van der Waals surface area contributed by atoms with Crippen molar-refractivity contribution in [1.82, 2.24) is 0 Å². The Morgan fingerprint density at radius 2 is 0.711 bits per heavy atom. The molecule has 0 N–H and O–H groups in total. The summed E-state index contributed by atoms with van der Waals surface area (Å²) in [6, 6.07) is 51.6. The largest absolute Gasteiger partial charge is 0.192 e. The predicted octanol–water partition coefficient (Wildman–Crippen LogP) is 10.0. The minimum absolute atomic E-state index is 0.678. The lowest BCUT2D eigenvalue weighted by atomic mass is 9.91. The van der Waals surface area contributed by atoms with E-state index in [0.717, 1.165) is 11.1 Å². The fourth-order valence-corrected chi connectivity index (χ4v) is 5.56. The number of fused-ring (bicyclic) bond motifs is 6. The Hall–Kier alpha value is -5.19. The van der Waals surface area contributed by atoms with Gasteiger partial charge < -0.3 is 0 Å². The third-order valence-corrected chi connectivity index (χ3v) is 7.51. The van der Waals surface area contributed by atoms with Gasteiger partial charge in [0.2, 0.25) is 0 Å². The molecule has 0 aliphatic rings. The average Bonchev–Trinajstić information content (AvgIpc) is 3.01. The van der Waals surface area contributed by atoms with Gasteiger partial charge in [0.15, 0.2) is 0 Å². The van der Waals surface area contributed by atoms with Gasteiger partial charge in [-0.3, -0.25) is 0 Å². The van der Waals surface area contributed by atoms with Crippen LogP contribution >= 0.6 is 0 Å². The summed E-state index contributed by atoms with van der Waals surface area (Å²) < 4.78 is 0. The van der Waals surface area contributed by atoms with Crippen molar-refractivity contribution in [1.29, 1.82) is 5.26 Å². The van der Waals surface area contributed by atoms with Crippen LogP contribution in [0.2, 0.25) is 0 Å². The van der Waals surface area contributed by atoms with Crippen LogP contribution < -0.4 is 0 Å². The molecule has 0 saturated heterocycles. The number of hydrogen-bond donors (Lipinski definition) is 0. The molecular formula is C37H23N. The van der Waals surface area contributed by atoms with E-state index in [2.05, 4.69) is 121 Å². The number of nitriles is 1. The van der Waals surface area contributed by atoms with Gasteiger partial charge in [-0.05, 0) is 90.0 Å². The van der Waals surface area contributed by atoms with Gasteiger partial charge in [-0.15, -0.1) is 0 Å². The molecule has 7 aromatic carbocycles. The molecule has 0 unspecified atom stereocenters. The fraction of sp³-hybridized carbons (Fsp3) is 0. The molecule has 7 rings (SSSR count). The van der Waals surface area contributed by atoms with E-state index in [1.165, 1.54) is 54.6 Å². The van der Waals surface area contributed by atoms with Gasteiger partial charge in [0.1, 0.15) is 0 Å². The van der Waals surface area contributed by atoms with E-state index < -0.39 is 0 Å². The Kier molecular flexibility index (Phi) is 5.24. The van der Waals surface area contributed by atoms with Gasteiger partial charge in [0.05, 0.1) is 11.6 Å². The highest BCUT2D eigenvalue weighted by atomic mass is 14.2. The molecule has 0 radical (unpaired) electrons. The van der Waals surface area contributed by atoms with Crippen LogP contribution in [-0.2, 0) is 0 Å². The molecule has 7 aromatic rings. The molecular weight excluding hydrogens is 458 g/mol. The molecule has 0 heterocycles. The molecule has 1 nitrogen and oxygen atoms in total. The Morgan fingerprint density at radius 1 is 0.316 bits per heavy atom. The second kappa shape index (κ2) is 9.04. The van der Waals surface area contributed by atoms with Gasteiger partial charge in [-0.25, -0.2) is 0 Å². The summed E-state index contributed by atoms with van der Waals surface area (Å²) in [7, 11) is 0. The fourth-order valence-electron chi connectivity index (χ4n) is 5.56. The van der Waals surface area contributed by atoms with E-state index in [9.17, 15) is 0 Å². The minimum Gasteiger partial charge on any atom is -0.192 e. The Morgan fingerprint density at radius 3 is 1.26 bits per heavy atom.